The summed E-state index contributed by atoms with van der Waals surface area (Å²) < 4.78 is 5.59. The molecule has 1 saturated heterocycles. The van der Waals surface area contributed by atoms with Gasteiger partial charge in [-0.3, -0.25) is 0 Å². The summed E-state index contributed by atoms with van der Waals surface area (Å²) in [5.41, 5.74) is 0.123. The largest absolute Gasteiger partial charge is 0.377 e. The number of rotatable bonds is 3. The first-order valence-corrected chi connectivity index (χ1v) is 6.20. The van der Waals surface area contributed by atoms with E-state index in [1.807, 2.05) is 13.1 Å². The number of nitrogens with zero attached hydrogens (tertiary/aromatic N) is 1. The van der Waals surface area contributed by atoms with Crippen LogP contribution in [0.2, 0.25) is 0 Å². The van der Waals surface area contributed by atoms with Crippen LogP contribution in [0.4, 0.5) is 0 Å². The first kappa shape index (κ1) is 11.0. The molecule has 1 N–H and O–H groups in total. The van der Waals surface area contributed by atoms with Gasteiger partial charge in [-0.2, -0.15) is 0 Å². The maximum Gasteiger partial charge on any atom is 0.0897 e. The second kappa shape index (κ2) is 4.20. The minimum atomic E-state index is 0.123. The summed E-state index contributed by atoms with van der Waals surface area (Å²) in [6.07, 6.45) is 3.34. The predicted octanol–water partition coefficient (Wildman–Crippen LogP) is 2.11. The monoisotopic (exact) mass is 226 g/mol. The molecule has 4 heteroatoms. The summed E-state index contributed by atoms with van der Waals surface area (Å²) >= 11 is 1.76. The minimum absolute atomic E-state index is 0.123. The van der Waals surface area contributed by atoms with Crippen molar-refractivity contribution in [2.75, 3.05) is 6.61 Å². The van der Waals surface area contributed by atoms with Crippen LogP contribution >= 0.6 is 11.3 Å². The van der Waals surface area contributed by atoms with E-state index in [-0.39, 0.29) is 5.54 Å². The van der Waals surface area contributed by atoms with E-state index in [4.69, 9.17) is 4.74 Å². The lowest BCUT2D eigenvalue weighted by molar-refractivity contribution is 0.0882. The molecule has 2 heterocycles. The van der Waals surface area contributed by atoms with Gasteiger partial charge in [0.15, 0.2) is 0 Å². The second-order valence-corrected chi connectivity index (χ2v) is 5.70. The predicted molar refractivity (Wildman–Crippen MR) is 62.1 cm³/mol. The fraction of sp³-hybridized carbons (Fsp3) is 0.727. The van der Waals surface area contributed by atoms with Gasteiger partial charge < -0.3 is 10.1 Å². The fourth-order valence-electron chi connectivity index (χ4n) is 1.84. The molecule has 1 aliphatic rings. The van der Waals surface area contributed by atoms with Crippen molar-refractivity contribution in [1.82, 2.24) is 10.3 Å². The summed E-state index contributed by atoms with van der Waals surface area (Å²) in [6.45, 7) is 8.18. The van der Waals surface area contributed by atoms with E-state index in [9.17, 15) is 0 Å². The summed E-state index contributed by atoms with van der Waals surface area (Å²) in [5, 5.41) is 4.71. The van der Waals surface area contributed by atoms with Crippen LogP contribution in [0.5, 0.6) is 0 Å². The van der Waals surface area contributed by atoms with E-state index in [1.54, 1.807) is 11.3 Å². The lowest BCUT2D eigenvalue weighted by atomic mass is 9.95. The van der Waals surface area contributed by atoms with Crippen molar-refractivity contribution in [2.24, 2.45) is 0 Å². The van der Waals surface area contributed by atoms with Gasteiger partial charge in [0.25, 0.3) is 0 Å². The first-order valence-electron chi connectivity index (χ1n) is 5.38. The Morgan fingerprint density at radius 1 is 1.73 bits per heavy atom. The van der Waals surface area contributed by atoms with E-state index >= 15 is 0 Å². The topological polar surface area (TPSA) is 34.2 Å². The van der Waals surface area contributed by atoms with Crippen LogP contribution in [0.3, 0.4) is 0 Å². The quantitative estimate of drug-likeness (QED) is 0.857. The third kappa shape index (κ3) is 2.38. The molecule has 2 rings (SSSR count). The van der Waals surface area contributed by atoms with Crippen molar-refractivity contribution in [2.45, 2.75) is 45.4 Å². The van der Waals surface area contributed by atoms with E-state index < -0.39 is 0 Å². The first-order chi connectivity index (χ1) is 7.10. The highest BCUT2D eigenvalue weighted by Crippen LogP contribution is 2.25. The molecule has 0 aromatic carbocycles. The SMILES string of the molecule is Cc1ncc(CNC2(C)CCOC2C)s1. The van der Waals surface area contributed by atoms with Gasteiger partial charge in [0.05, 0.1) is 11.1 Å². The molecule has 1 fully saturated rings. The molecule has 84 valence electrons. The molecule has 3 nitrogen and oxygen atoms in total. The lowest BCUT2D eigenvalue weighted by Gasteiger charge is -2.28. The molecule has 2 atom stereocenters. The molecule has 1 aromatic heterocycles. The van der Waals surface area contributed by atoms with Crippen LogP contribution in [0, 0.1) is 6.92 Å². The normalized spacial score (nSPS) is 31.0. The molecule has 0 aliphatic carbocycles. The summed E-state index contributed by atoms with van der Waals surface area (Å²) in [5.74, 6) is 0. The Labute approximate surface area is 94.9 Å². The summed E-state index contributed by atoms with van der Waals surface area (Å²) in [4.78, 5) is 5.55. The molecular weight excluding hydrogens is 208 g/mol. The van der Waals surface area contributed by atoms with E-state index in [2.05, 4.69) is 24.1 Å². The Balaban J connectivity index is 1.92. The molecule has 2 unspecified atom stereocenters. The zero-order chi connectivity index (χ0) is 10.9. The van der Waals surface area contributed by atoms with Gasteiger partial charge in [-0.25, -0.2) is 4.98 Å². The molecule has 15 heavy (non-hydrogen) atoms. The van der Waals surface area contributed by atoms with Gasteiger partial charge in [-0.1, -0.05) is 0 Å². The van der Waals surface area contributed by atoms with E-state index in [0.29, 0.717) is 6.10 Å². The van der Waals surface area contributed by atoms with Gasteiger partial charge in [-0.05, 0) is 27.2 Å². The van der Waals surface area contributed by atoms with Gasteiger partial charge >= 0.3 is 0 Å². The fourth-order valence-corrected chi connectivity index (χ4v) is 2.58. The Kier molecular flexibility index (Phi) is 3.09. The number of hydrogen-bond donors (Lipinski definition) is 1. The number of aromatic nitrogens is 1. The van der Waals surface area contributed by atoms with Gasteiger partial charge in [-0.15, -0.1) is 11.3 Å². The van der Waals surface area contributed by atoms with Gasteiger partial charge in [0.2, 0.25) is 0 Å². The molecule has 0 radical (unpaired) electrons. The summed E-state index contributed by atoms with van der Waals surface area (Å²) in [7, 11) is 0. The zero-order valence-electron chi connectivity index (χ0n) is 9.54. The van der Waals surface area contributed by atoms with Crippen LogP contribution in [0.1, 0.15) is 30.2 Å². The molecule has 0 bridgehead atoms. The van der Waals surface area contributed by atoms with Crippen molar-refractivity contribution >= 4 is 11.3 Å². The number of nitrogens with one attached hydrogen (secondary N) is 1. The average molecular weight is 226 g/mol. The second-order valence-electron chi connectivity index (χ2n) is 4.38. The Bertz CT molecular complexity index is 339. The van der Waals surface area contributed by atoms with Crippen LogP contribution in [-0.4, -0.2) is 23.2 Å². The highest BCUT2D eigenvalue weighted by atomic mass is 32.1. The standard InChI is InChI=1S/C11H18N2OS/c1-8-11(3,4-5-14-8)13-7-10-6-12-9(2)15-10/h6,8,13H,4-5,7H2,1-3H3. The summed E-state index contributed by atoms with van der Waals surface area (Å²) in [6, 6.07) is 0. The smallest absolute Gasteiger partial charge is 0.0897 e. The third-order valence-electron chi connectivity index (χ3n) is 3.22. The highest BCUT2D eigenvalue weighted by Gasteiger charge is 2.36. The van der Waals surface area contributed by atoms with Crippen LogP contribution in [-0.2, 0) is 11.3 Å². The van der Waals surface area contributed by atoms with Crippen molar-refractivity contribution < 1.29 is 4.74 Å². The number of ether oxygens (including phenoxy) is 1. The molecule has 0 spiro atoms. The molecule has 0 saturated carbocycles. The van der Waals surface area contributed by atoms with Crippen LogP contribution in [0.25, 0.3) is 0 Å². The van der Waals surface area contributed by atoms with Crippen molar-refractivity contribution in [3.63, 3.8) is 0 Å². The molecule has 1 aliphatic heterocycles. The number of thiazole rings is 1. The van der Waals surface area contributed by atoms with Crippen molar-refractivity contribution in [1.29, 1.82) is 0 Å². The minimum Gasteiger partial charge on any atom is -0.377 e. The van der Waals surface area contributed by atoms with Crippen LogP contribution < -0.4 is 5.32 Å². The molecule has 0 amide bonds. The Morgan fingerprint density at radius 2 is 2.53 bits per heavy atom. The van der Waals surface area contributed by atoms with E-state index in [0.717, 1.165) is 24.6 Å². The van der Waals surface area contributed by atoms with Crippen molar-refractivity contribution in [3.05, 3.63) is 16.1 Å². The van der Waals surface area contributed by atoms with E-state index in [1.165, 1.54) is 4.88 Å². The lowest BCUT2D eigenvalue weighted by Crippen LogP contribution is -2.47. The number of aryl methyl sites for hydroxylation is 1. The van der Waals surface area contributed by atoms with Gasteiger partial charge in [0, 0.05) is 29.8 Å². The third-order valence-corrected chi connectivity index (χ3v) is 4.13. The Morgan fingerprint density at radius 3 is 3.07 bits per heavy atom. The Hall–Kier alpha value is -0.450. The zero-order valence-corrected chi connectivity index (χ0v) is 10.4. The molecular formula is C11H18N2OS. The maximum atomic E-state index is 5.59. The van der Waals surface area contributed by atoms with Crippen molar-refractivity contribution in [3.8, 4) is 0 Å². The van der Waals surface area contributed by atoms with Crippen LogP contribution in [0.15, 0.2) is 6.20 Å². The highest BCUT2D eigenvalue weighted by molar-refractivity contribution is 7.11. The van der Waals surface area contributed by atoms with Gasteiger partial charge in [0.1, 0.15) is 0 Å². The maximum absolute atomic E-state index is 5.59. The number of hydrogen-bond acceptors (Lipinski definition) is 4. The molecule has 1 aromatic rings. The average Bonchev–Trinajstić information content (AvgIpc) is 2.73.